The molecule has 0 atom stereocenters. The van der Waals surface area contributed by atoms with Crippen molar-refractivity contribution in [3.8, 4) is 0 Å². The van der Waals surface area contributed by atoms with Crippen molar-refractivity contribution in [1.29, 1.82) is 0 Å². The third-order valence-corrected chi connectivity index (χ3v) is 1.76. The molecule has 7 heteroatoms. The van der Waals surface area contributed by atoms with E-state index in [4.69, 9.17) is 5.73 Å². The number of carbonyl (C=O) groups is 1. The van der Waals surface area contributed by atoms with E-state index in [0.717, 1.165) is 0 Å². The number of guanidine groups is 1. The first-order chi connectivity index (χ1) is 7.49. The summed E-state index contributed by atoms with van der Waals surface area (Å²) in [6.45, 7) is 1.43. The Balaban J connectivity index is 2.92. The van der Waals surface area contributed by atoms with E-state index >= 15 is 0 Å². The van der Waals surface area contributed by atoms with Crippen LogP contribution in [0.25, 0.3) is 0 Å². The van der Waals surface area contributed by atoms with E-state index in [0.29, 0.717) is 11.3 Å². The summed E-state index contributed by atoms with van der Waals surface area (Å²) in [4.78, 5) is 23.7. The van der Waals surface area contributed by atoms with Crippen LogP contribution in [0.3, 0.4) is 0 Å². The number of nitrogens with zero attached hydrogens (tertiary/aromatic N) is 1. The van der Waals surface area contributed by atoms with Crippen molar-refractivity contribution in [2.24, 2.45) is 5.73 Å². The van der Waals surface area contributed by atoms with Crippen LogP contribution in [0.1, 0.15) is 17.3 Å². The average molecular weight is 223 g/mol. The van der Waals surface area contributed by atoms with E-state index in [1.165, 1.54) is 6.92 Å². The first-order valence-corrected chi connectivity index (χ1v) is 4.40. The Morgan fingerprint density at radius 3 is 2.81 bits per heavy atom. The van der Waals surface area contributed by atoms with Crippen LogP contribution in [0.4, 0.5) is 5.69 Å². The van der Waals surface area contributed by atoms with Gasteiger partial charge in [-0.3, -0.25) is 10.5 Å². The monoisotopic (exact) mass is 223 g/mol. The standard InChI is InChI=1S/C9H10N4O3/c1-6(14)7-3-2-4-8(5-7)11-9(10)12-13(15)16/h2-5H,1H3,(H3,10,11,12)/p+1. The summed E-state index contributed by atoms with van der Waals surface area (Å²) < 4.78 is 0. The second kappa shape index (κ2) is 4.87. The largest absolute Gasteiger partial charge is 0.408 e. The Labute approximate surface area is 91.1 Å². The molecule has 0 aliphatic carbocycles. The van der Waals surface area contributed by atoms with Gasteiger partial charge in [-0.05, 0) is 19.1 Å². The van der Waals surface area contributed by atoms with Crippen molar-refractivity contribution in [1.82, 2.24) is 5.43 Å². The third-order valence-electron chi connectivity index (χ3n) is 1.76. The van der Waals surface area contributed by atoms with Crippen molar-refractivity contribution in [2.45, 2.75) is 6.92 Å². The fourth-order valence-corrected chi connectivity index (χ4v) is 1.10. The van der Waals surface area contributed by atoms with Gasteiger partial charge in [0.15, 0.2) is 5.78 Å². The summed E-state index contributed by atoms with van der Waals surface area (Å²) in [5.74, 6) is -0.310. The van der Waals surface area contributed by atoms with Gasteiger partial charge >= 0.3 is 5.96 Å². The summed E-state index contributed by atoms with van der Waals surface area (Å²) in [6.07, 6.45) is 0. The molecule has 0 radical (unpaired) electrons. The lowest BCUT2D eigenvalue weighted by Gasteiger charge is -1.96. The normalized spacial score (nSPS) is 10.9. The lowest BCUT2D eigenvalue weighted by atomic mass is 10.1. The predicted octanol–water partition coefficient (Wildman–Crippen LogP) is -1.30. The van der Waals surface area contributed by atoms with Crippen molar-refractivity contribution >= 4 is 17.4 Å². The Kier molecular flexibility index (Phi) is 3.54. The highest BCUT2D eigenvalue weighted by Crippen LogP contribution is 2.05. The molecule has 0 fully saturated rings. The summed E-state index contributed by atoms with van der Waals surface area (Å²) >= 11 is 0. The van der Waals surface area contributed by atoms with Gasteiger partial charge in [0.1, 0.15) is 0 Å². The molecule has 0 unspecified atom stereocenters. The molecule has 4 N–H and O–H groups in total. The third kappa shape index (κ3) is 3.37. The van der Waals surface area contributed by atoms with Crippen molar-refractivity contribution < 1.29 is 14.8 Å². The molecule has 0 saturated heterocycles. The second-order valence-electron chi connectivity index (χ2n) is 3.04. The number of hydrogen-bond donors (Lipinski definition) is 3. The highest BCUT2D eigenvalue weighted by atomic mass is 16.7. The van der Waals surface area contributed by atoms with E-state index < -0.39 is 5.03 Å². The van der Waals surface area contributed by atoms with Gasteiger partial charge in [-0.1, -0.05) is 12.1 Å². The number of carbonyl (C=O) groups excluding carboxylic acids is 1. The zero-order valence-corrected chi connectivity index (χ0v) is 8.56. The van der Waals surface area contributed by atoms with Gasteiger partial charge < -0.3 is 0 Å². The summed E-state index contributed by atoms with van der Waals surface area (Å²) in [6, 6.07) is 6.49. The van der Waals surface area contributed by atoms with Crippen LogP contribution in [0.2, 0.25) is 0 Å². The van der Waals surface area contributed by atoms with Crippen LogP contribution in [-0.2, 0) is 0 Å². The van der Waals surface area contributed by atoms with E-state index in [-0.39, 0.29) is 11.7 Å². The molecule has 0 aliphatic heterocycles. The van der Waals surface area contributed by atoms with Crippen LogP contribution in [0.5, 0.6) is 0 Å². The molecule has 1 rings (SSSR count). The summed E-state index contributed by atoms with van der Waals surface area (Å²) in [5.41, 5.74) is 8.06. The van der Waals surface area contributed by atoms with Gasteiger partial charge in [-0.2, -0.15) is 0 Å². The van der Waals surface area contributed by atoms with Crippen LogP contribution in [-0.4, -0.2) is 16.8 Å². The number of Topliss-reactive ketones (excluding diaryl/α,β-unsaturated/α-hetero) is 1. The van der Waals surface area contributed by atoms with Gasteiger partial charge in [0, 0.05) is 11.0 Å². The topological polar surface area (TPSA) is 112 Å². The highest BCUT2D eigenvalue weighted by molar-refractivity contribution is 5.94. The van der Waals surface area contributed by atoms with Crippen LogP contribution in [0.15, 0.2) is 24.3 Å². The Morgan fingerprint density at radius 2 is 2.25 bits per heavy atom. The molecule has 0 aliphatic rings. The first kappa shape index (κ1) is 11.6. The molecule has 0 spiro atoms. The van der Waals surface area contributed by atoms with Gasteiger partial charge in [-0.25, -0.2) is 15.1 Å². The molecule has 1 aromatic rings. The number of hydrogen-bond acceptors (Lipinski definition) is 3. The Hall–Kier alpha value is -2.44. The molecule has 16 heavy (non-hydrogen) atoms. The molecular formula is C9H11N4O3+. The minimum absolute atomic E-state index is 0.0931. The molecule has 1 aromatic carbocycles. The number of hydrazine groups is 1. The maximum Gasteiger partial charge on any atom is 0.408 e. The van der Waals surface area contributed by atoms with Crippen molar-refractivity contribution in [3.63, 3.8) is 0 Å². The zero-order valence-electron chi connectivity index (χ0n) is 8.56. The van der Waals surface area contributed by atoms with Gasteiger partial charge in [0.25, 0.3) is 0 Å². The molecule has 0 aromatic heterocycles. The fourth-order valence-electron chi connectivity index (χ4n) is 1.10. The van der Waals surface area contributed by atoms with Crippen molar-refractivity contribution in [2.75, 3.05) is 0 Å². The molecule has 0 bridgehead atoms. The lowest BCUT2D eigenvalue weighted by molar-refractivity contribution is -0.536. The summed E-state index contributed by atoms with van der Waals surface area (Å²) in [5, 5.41) is 9.29. The Morgan fingerprint density at radius 1 is 1.56 bits per heavy atom. The number of nitro groups is 1. The lowest BCUT2D eigenvalue weighted by Crippen LogP contribution is -2.74. The SMILES string of the molecule is CC(=O)c1cccc([NH+]=C(N)N[N+](=O)[O-])c1. The van der Waals surface area contributed by atoms with Crippen molar-refractivity contribution in [3.05, 3.63) is 39.9 Å². The molecule has 0 saturated carbocycles. The van der Waals surface area contributed by atoms with E-state index in [2.05, 4.69) is 4.99 Å². The second-order valence-corrected chi connectivity index (χ2v) is 3.04. The van der Waals surface area contributed by atoms with Crippen LogP contribution >= 0.6 is 0 Å². The molecule has 0 amide bonds. The highest BCUT2D eigenvalue weighted by Gasteiger charge is 2.07. The minimum atomic E-state index is -0.781. The number of benzene rings is 1. The average Bonchev–Trinajstić information content (AvgIpc) is 2.16. The number of nitrogens with two attached hydrogens (primary N) is 1. The zero-order chi connectivity index (χ0) is 12.1. The molecular weight excluding hydrogens is 212 g/mol. The quantitative estimate of drug-likeness (QED) is 0.194. The van der Waals surface area contributed by atoms with Gasteiger partial charge in [-0.15, -0.1) is 0 Å². The van der Waals surface area contributed by atoms with E-state index in [9.17, 15) is 14.9 Å². The van der Waals surface area contributed by atoms with Gasteiger partial charge in [0.2, 0.25) is 5.03 Å². The van der Waals surface area contributed by atoms with Crippen LogP contribution in [0, 0.1) is 10.1 Å². The molecule has 0 heterocycles. The predicted molar refractivity (Wildman–Crippen MR) is 56.4 cm³/mol. The van der Waals surface area contributed by atoms with Crippen LogP contribution < -0.4 is 16.2 Å². The maximum atomic E-state index is 11.1. The Bertz CT molecular complexity index is 456. The van der Waals surface area contributed by atoms with Gasteiger partial charge in [0.05, 0.1) is 5.69 Å². The van der Waals surface area contributed by atoms with E-state index in [1.54, 1.807) is 29.7 Å². The molecule has 7 nitrogen and oxygen atoms in total. The smallest absolute Gasteiger partial charge is 0.295 e. The van der Waals surface area contributed by atoms with E-state index in [1.807, 2.05) is 0 Å². The maximum absolute atomic E-state index is 11.1. The fraction of sp³-hybridized carbons (Fsp3) is 0.111. The first-order valence-electron chi connectivity index (χ1n) is 4.40. The minimum Gasteiger partial charge on any atom is -0.295 e. The summed E-state index contributed by atoms with van der Waals surface area (Å²) in [7, 11) is 0. The number of nitrogens with one attached hydrogen (secondary N) is 2. The number of ketones is 1. The molecule has 84 valence electrons. The number of rotatable bonds is 3.